The second-order valence-corrected chi connectivity index (χ2v) is 13.0. The summed E-state index contributed by atoms with van der Waals surface area (Å²) in [6, 6.07) is 58.3. The molecule has 0 aliphatic heterocycles. The molecule has 0 radical (unpaired) electrons. The zero-order chi connectivity index (χ0) is 32.8. The molecule has 8 rings (SSSR count). The minimum atomic E-state index is 0.0979. The van der Waals surface area contributed by atoms with Crippen LogP contribution in [0.3, 0.4) is 0 Å². The molecule has 0 heteroatoms. The monoisotopic (exact) mass is 608 g/mol. The van der Waals surface area contributed by atoms with Crippen LogP contribution in [-0.4, -0.2) is 0 Å². The van der Waals surface area contributed by atoms with Gasteiger partial charge in [0.25, 0.3) is 0 Å². The molecule has 47 heavy (non-hydrogen) atoms. The number of hydrogen-bond acceptors (Lipinski definition) is 0. The molecule has 0 nitrogen and oxygen atoms in total. The second kappa shape index (κ2) is 14.1. The van der Waals surface area contributed by atoms with Crippen LogP contribution in [0.4, 0.5) is 0 Å². The topological polar surface area (TPSA) is 0 Å². The Morgan fingerprint density at radius 3 is 1.49 bits per heavy atom. The Hall–Kier alpha value is -5.20. The smallest absolute Gasteiger partial charge is 0.0159 e. The van der Waals surface area contributed by atoms with Crippen molar-refractivity contribution in [3.63, 3.8) is 0 Å². The van der Waals surface area contributed by atoms with E-state index in [4.69, 9.17) is 0 Å². The Kier molecular flexibility index (Phi) is 9.50. The van der Waals surface area contributed by atoms with Crippen molar-refractivity contribution in [2.24, 2.45) is 0 Å². The first kappa shape index (κ1) is 31.8. The van der Waals surface area contributed by atoms with Gasteiger partial charge in [-0.05, 0) is 86.7 Å². The highest BCUT2D eigenvalue weighted by atomic mass is 14.4. The maximum Gasteiger partial charge on any atom is 0.0159 e. The van der Waals surface area contributed by atoms with Crippen LogP contribution in [0.1, 0.15) is 48.6 Å². The molecule has 1 aliphatic rings. The van der Waals surface area contributed by atoms with Gasteiger partial charge in [0.05, 0.1) is 0 Å². The van der Waals surface area contributed by atoms with Gasteiger partial charge in [-0.3, -0.25) is 0 Å². The van der Waals surface area contributed by atoms with E-state index in [0.717, 1.165) is 6.42 Å². The van der Waals surface area contributed by atoms with E-state index in [2.05, 4.69) is 186 Å². The molecule has 0 unspecified atom stereocenters. The molecule has 0 saturated carbocycles. The average molecular weight is 609 g/mol. The fourth-order valence-corrected chi connectivity index (χ4v) is 6.67. The summed E-state index contributed by atoms with van der Waals surface area (Å²) in [4.78, 5) is 0. The maximum absolute atomic E-state index is 2.39. The largest absolute Gasteiger partial charge is 0.0622 e. The van der Waals surface area contributed by atoms with Gasteiger partial charge in [-0.1, -0.05) is 190 Å². The van der Waals surface area contributed by atoms with Crippen LogP contribution in [0.2, 0.25) is 0 Å². The number of aryl methyl sites for hydroxylation is 3. The van der Waals surface area contributed by atoms with Crippen molar-refractivity contribution in [1.29, 1.82) is 0 Å². The lowest BCUT2D eigenvalue weighted by molar-refractivity contribution is 0.660. The summed E-state index contributed by atoms with van der Waals surface area (Å²) in [6.45, 7) is 11.2. The Bertz CT molecular complexity index is 2060. The van der Waals surface area contributed by atoms with E-state index in [9.17, 15) is 0 Å². The molecular formula is C47H44. The molecule has 232 valence electrons. The fraction of sp³-hybridized carbons (Fsp3) is 0.149. The quantitative estimate of drug-likeness (QED) is 0.187. The predicted molar refractivity (Wildman–Crippen MR) is 204 cm³/mol. The molecule has 1 aliphatic carbocycles. The highest BCUT2D eigenvalue weighted by molar-refractivity contribution is 6.03. The minimum absolute atomic E-state index is 0.0979. The highest BCUT2D eigenvalue weighted by Crippen LogP contribution is 2.51. The SMILES string of the molecule is CCc1ccc(-c2ccccc2)cc1.Cc1cc2c(c3ccccc13)-c1ccccc1C2(C)C.Cc1ccc(-c2ccccc2)cc1. The number of rotatable bonds is 3. The van der Waals surface area contributed by atoms with Gasteiger partial charge in [0, 0.05) is 5.41 Å². The van der Waals surface area contributed by atoms with Crippen molar-refractivity contribution in [3.8, 4) is 33.4 Å². The molecule has 0 bridgehead atoms. The van der Waals surface area contributed by atoms with E-state index in [1.807, 2.05) is 12.1 Å². The Labute approximate surface area is 281 Å². The van der Waals surface area contributed by atoms with E-state index >= 15 is 0 Å². The summed E-state index contributed by atoms with van der Waals surface area (Å²) in [5.74, 6) is 0. The third-order valence-electron chi connectivity index (χ3n) is 9.42. The van der Waals surface area contributed by atoms with E-state index in [1.54, 1.807) is 0 Å². The number of benzene rings is 7. The van der Waals surface area contributed by atoms with Gasteiger partial charge in [-0.25, -0.2) is 0 Å². The fourth-order valence-electron chi connectivity index (χ4n) is 6.67. The zero-order valence-corrected chi connectivity index (χ0v) is 28.3. The molecular weight excluding hydrogens is 565 g/mol. The van der Waals surface area contributed by atoms with Crippen LogP contribution in [0.25, 0.3) is 44.2 Å². The molecule has 0 spiro atoms. The summed E-state index contributed by atoms with van der Waals surface area (Å²) in [6.07, 6.45) is 1.11. The lowest BCUT2D eigenvalue weighted by atomic mass is 9.81. The molecule has 0 atom stereocenters. The molecule has 0 fully saturated rings. The summed E-state index contributed by atoms with van der Waals surface area (Å²) in [5, 5.41) is 2.76. The predicted octanol–water partition coefficient (Wildman–Crippen LogP) is 13.0. The van der Waals surface area contributed by atoms with Gasteiger partial charge in [-0.15, -0.1) is 0 Å². The Balaban J connectivity index is 0.000000128. The summed E-state index contributed by atoms with van der Waals surface area (Å²) < 4.78 is 0. The van der Waals surface area contributed by atoms with E-state index < -0.39 is 0 Å². The highest BCUT2D eigenvalue weighted by Gasteiger charge is 2.36. The van der Waals surface area contributed by atoms with Crippen molar-refractivity contribution in [1.82, 2.24) is 0 Å². The van der Waals surface area contributed by atoms with Crippen molar-refractivity contribution in [3.05, 3.63) is 192 Å². The first-order valence-electron chi connectivity index (χ1n) is 16.8. The van der Waals surface area contributed by atoms with Gasteiger partial charge in [-0.2, -0.15) is 0 Å². The lowest BCUT2D eigenvalue weighted by Crippen LogP contribution is -2.15. The van der Waals surface area contributed by atoms with E-state index in [1.165, 1.54) is 72.0 Å². The maximum atomic E-state index is 2.39. The number of fused-ring (bicyclic) bond motifs is 5. The van der Waals surface area contributed by atoms with Crippen molar-refractivity contribution < 1.29 is 0 Å². The molecule has 0 aromatic heterocycles. The molecule has 7 aromatic carbocycles. The normalized spacial score (nSPS) is 12.2. The van der Waals surface area contributed by atoms with Crippen LogP contribution < -0.4 is 0 Å². The zero-order valence-electron chi connectivity index (χ0n) is 28.3. The first-order chi connectivity index (χ1) is 22.9. The summed E-state index contributed by atoms with van der Waals surface area (Å²) in [5.41, 5.74) is 15.1. The standard InChI is InChI=1S/C20H18.C14H14.C13H12/c1-13-12-18-19(15-9-5-4-8-14(13)15)16-10-6-7-11-17(16)20(18,2)3;1-2-12-8-10-14(11-9-12)13-6-4-3-5-7-13;1-11-7-9-13(10-8-11)12-5-3-2-4-6-12/h4-12H,1-3H3;3-11H,2H2,1H3;2-10H,1H3. The van der Waals surface area contributed by atoms with Crippen LogP contribution >= 0.6 is 0 Å². The molecule has 0 N–H and O–H groups in total. The molecule has 7 aromatic rings. The average Bonchev–Trinajstić information content (AvgIpc) is 3.36. The van der Waals surface area contributed by atoms with Gasteiger partial charge in [0.2, 0.25) is 0 Å². The summed E-state index contributed by atoms with van der Waals surface area (Å²) >= 11 is 0. The third kappa shape index (κ3) is 6.83. The van der Waals surface area contributed by atoms with Gasteiger partial charge < -0.3 is 0 Å². The minimum Gasteiger partial charge on any atom is -0.0622 e. The van der Waals surface area contributed by atoms with Crippen molar-refractivity contribution in [2.75, 3.05) is 0 Å². The van der Waals surface area contributed by atoms with Gasteiger partial charge >= 0.3 is 0 Å². The van der Waals surface area contributed by atoms with E-state index in [-0.39, 0.29) is 5.41 Å². The van der Waals surface area contributed by atoms with Gasteiger partial charge in [0.1, 0.15) is 0 Å². The van der Waals surface area contributed by atoms with Crippen molar-refractivity contribution in [2.45, 2.75) is 46.5 Å². The molecule has 0 amide bonds. The van der Waals surface area contributed by atoms with Crippen LogP contribution in [-0.2, 0) is 11.8 Å². The first-order valence-corrected chi connectivity index (χ1v) is 16.8. The van der Waals surface area contributed by atoms with Crippen molar-refractivity contribution >= 4 is 10.8 Å². The summed E-state index contributed by atoms with van der Waals surface area (Å²) in [7, 11) is 0. The Morgan fingerprint density at radius 1 is 0.447 bits per heavy atom. The second-order valence-electron chi connectivity index (χ2n) is 13.0. The third-order valence-corrected chi connectivity index (χ3v) is 9.42. The Morgan fingerprint density at radius 2 is 0.915 bits per heavy atom. The van der Waals surface area contributed by atoms with Gasteiger partial charge in [0.15, 0.2) is 0 Å². The lowest BCUT2D eigenvalue weighted by Gasteiger charge is -2.22. The molecule has 0 heterocycles. The van der Waals surface area contributed by atoms with Crippen LogP contribution in [0.15, 0.2) is 164 Å². The number of hydrogen-bond donors (Lipinski definition) is 0. The van der Waals surface area contributed by atoms with E-state index in [0.29, 0.717) is 0 Å². The van der Waals surface area contributed by atoms with Crippen LogP contribution in [0, 0.1) is 13.8 Å². The van der Waals surface area contributed by atoms with Crippen LogP contribution in [0.5, 0.6) is 0 Å². The molecule has 0 saturated heterocycles.